The largest absolute Gasteiger partial charge is 0.493 e. The maximum Gasteiger partial charge on any atom is 0.271 e. The van der Waals surface area contributed by atoms with Crippen molar-refractivity contribution in [2.24, 2.45) is 5.10 Å². The van der Waals surface area contributed by atoms with Gasteiger partial charge in [-0.15, -0.1) is 6.58 Å². The van der Waals surface area contributed by atoms with E-state index in [-0.39, 0.29) is 18.3 Å². The van der Waals surface area contributed by atoms with Crippen molar-refractivity contribution in [1.29, 1.82) is 0 Å². The predicted molar refractivity (Wildman–Crippen MR) is 169 cm³/mol. The van der Waals surface area contributed by atoms with Crippen LogP contribution in [-0.2, 0) is 13.0 Å². The van der Waals surface area contributed by atoms with Crippen molar-refractivity contribution in [3.05, 3.63) is 150 Å². The minimum Gasteiger partial charge on any atom is -0.493 e. The summed E-state index contributed by atoms with van der Waals surface area (Å²) in [6.07, 6.45) is 3.82. The minimum absolute atomic E-state index is 0.179. The number of allylic oxidation sites excluding steroid dienone is 1. The van der Waals surface area contributed by atoms with E-state index < -0.39 is 0 Å². The number of aromatic nitrogens is 1. The molecule has 0 spiro atoms. The minimum atomic E-state index is -0.330. The molecule has 7 heteroatoms. The summed E-state index contributed by atoms with van der Waals surface area (Å²) in [7, 11) is 1.55. The number of aryl methyl sites for hydroxylation is 1. The Morgan fingerprint density at radius 1 is 0.977 bits per heavy atom. The summed E-state index contributed by atoms with van der Waals surface area (Å²) in [4.78, 5) is 12.9. The first-order valence-electron chi connectivity index (χ1n) is 13.8. The van der Waals surface area contributed by atoms with Crippen molar-refractivity contribution < 1.29 is 18.7 Å². The summed E-state index contributed by atoms with van der Waals surface area (Å²) in [6.45, 7) is 6.07. The van der Waals surface area contributed by atoms with Gasteiger partial charge in [0.05, 0.1) is 19.0 Å². The van der Waals surface area contributed by atoms with Gasteiger partial charge in [-0.25, -0.2) is 9.82 Å². The monoisotopic (exact) mass is 573 g/mol. The molecular weight excluding hydrogens is 541 g/mol. The highest BCUT2D eigenvalue weighted by Gasteiger charge is 2.14. The van der Waals surface area contributed by atoms with Gasteiger partial charge in [0.25, 0.3) is 5.91 Å². The number of carbonyl (C=O) groups is 1. The molecule has 6 nitrogen and oxygen atoms in total. The van der Waals surface area contributed by atoms with Crippen LogP contribution in [0.5, 0.6) is 11.5 Å². The molecule has 0 atom stereocenters. The maximum absolute atomic E-state index is 13.6. The summed E-state index contributed by atoms with van der Waals surface area (Å²) >= 11 is 0. The lowest BCUT2D eigenvalue weighted by atomic mass is 10.1. The third-order valence-corrected chi connectivity index (χ3v) is 6.92. The molecule has 0 aliphatic rings. The molecule has 0 unspecified atom stereocenters. The molecule has 0 saturated heterocycles. The molecule has 1 N–H and O–H groups in total. The SMILES string of the molecule is C=CCc1cc(/C=N/NC(=O)c2ccc(-n3c(C)ccc3-c3ccccc3)cc2)cc(OC)c1OCc1cccc(F)c1. The highest BCUT2D eigenvalue weighted by molar-refractivity contribution is 5.95. The Labute approximate surface area is 250 Å². The van der Waals surface area contributed by atoms with Gasteiger partial charge in [0, 0.05) is 22.5 Å². The van der Waals surface area contributed by atoms with Gasteiger partial charge in [-0.05, 0) is 90.7 Å². The number of hydrogen-bond donors (Lipinski definition) is 1. The molecule has 1 heterocycles. The third kappa shape index (κ3) is 6.90. The second-order valence-electron chi connectivity index (χ2n) is 9.93. The molecule has 0 fully saturated rings. The Hall–Kier alpha value is -5.43. The molecule has 0 bridgehead atoms. The number of nitrogens with zero attached hydrogens (tertiary/aromatic N) is 2. The fraction of sp³-hybridized carbons (Fsp3) is 0.111. The highest BCUT2D eigenvalue weighted by Crippen LogP contribution is 2.34. The smallest absolute Gasteiger partial charge is 0.271 e. The topological polar surface area (TPSA) is 64.9 Å². The van der Waals surface area contributed by atoms with Crippen LogP contribution in [0.4, 0.5) is 4.39 Å². The molecule has 4 aromatic carbocycles. The fourth-order valence-electron chi connectivity index (χ4n) is 4.87. The quantitative estimate of drug-likeness (QED) is 0.100. The zero-order valence-corrected chi connectivity index (χ0v) is 24.1. The zero-order chi connectivity index (χ0) is 30.2. The number of benzene rings is 4. The predicted octanol–water partition coefficient (Wildman–Crippen LogP) is 7.67. The van der Waals surface area contributed by atoms with Crippen LogP contribution in [-0.4, -0.2) is 23.8 Å². The van der Waals surface area contributed by atoms with Gasteiger partial charge in [0.2, 0.25) is 0 Å². The molecule has 1 amide bonds. The van der Waals surface area contributed by atoms with Crippen LogP contribution >= 0.6 is 0 Å². The molecule has 0 aliphatic heterocycles. The number of ether oxygens (including phenoxy) is 2. The average molecular weight is 574 g/mol. The van der Waals surface area contributed by atoms with Gasteiger partial charge in [0.1, 0.15) is 12.4 Å². The van der Waals surface area contributed by atoms with Crippen molar-refractivity contribution >= 4 is 12.1 Å². The number of hydrazone groups is 1. The van der Waals surface area contributed by atoms with E-state index in [1.165, 1.54) is 12.1 Å². The van der Waals surface area contributed by atoms with Gasteiger partial charge >= 0.3 is 0 Å². The highest BCUT2D eigenvalue weighted by atomic mass is 19.1. The number of hydrogen-bond acceptors (Lipinski definition) is 4. The summed E-state index contributed by atoms with van der Waals surface area (Å²) in [5.41, 5.74) is 9.57. The van der Waals surface area contributed by atoms with Gasteiger partial charge < -0.3 is 14.0 Å². The lowest BCUT2D eigenvalue weighted by Gasteiger charge is -2.16. The first-order valence-corrected chi connectivity index (χ1v) is 13.8. The van der Waals surface area contributed by atoms with E-state index in [1.807, 2.05) is 36.4 Å². The van der Waals surface area contributed by atoms with E-state index in [0.717, 1.165) is 28.2 Å². The summed E-state index contributed by atoms with van der Waals surface area (Å²) in [5, 5.41) is 4.17. The lowest BCUT2D eigenvalue weighted by molar-refractivity contribution is 0.0955. The van der Waals surface area contributed by atoms with Gasteiger partial charge in [0.15, 0.2) is 11.5 Å². The summed E-state index contributed by atoms with van der Waals surface area (Å²) < 4.78 is 27.4. The van der Waals surface area contributed by atoms with Crippen molar-refractivity contribution in [3.63, 3.8) is 0 Å². The van der Waals surface area contributed by atoms with Crippen LogP contribution in [0.2, 0.25) is 0 Å². The van der Waals surface area contributed by atoms with Crippen LogP contribution in [0.25, 0.3) is 16.9 Å². The molecule has 43 heavy (non-hydrogen) atoms. The average Bonchev–Trinajstić information content (AvgIpc) is 3.42. The van der Waals surface area contributed by atoms with Gasteiger partial charge in [-0.3, -0.25) is 4.79 Å². The normalized spacial score (nSPS) is 11.0. The van der Waals surface area contributed by atoms with E-state index >= 15 is 0 Å². The Morgan fingerprint density at radius 3 is 2.49 bits per heavy atom. The van der Waals surface area contributed by atoms with Crippen molar-refractivity contribution in [1.82, 2.24) is 9.99 Å². The van der Waals surface area contributed by atoms with E-state index in [2.05, 4.69) is 52.9 Å². The van der Waals surface area contributed by atoms with Crippen LogP contribution in [0.15, 0.2) is 121 Å². The number of rotatable bonds is 11. The first kappa shape index (κ1) is 29.1. The third-order valence-electron chi connectivity index (χ3n) is 6.92. The van der Waals surface area contributed by atoms with E-state index in [0.29, 0.717) is 34.6 Å². The number of halogens is 1. The zero-order valence-electron chi connectivity index (χ0n) is 24.1. The molecule has 216 valence electrons. The first-order chi connectivity index (χ1) is 21.0. The Balaban J connectivity index is 1.29. The van der Waals surface area contributed by atoms with E-state index in [4.69, 9.17) is 9.47 Å². The molecular formula is C36H32FN3O3. The van der Waals surface area contributed by atoms with Crippen LogP contribution in [0, 0.1) is 12.7 Å². The molecule has 0 saturated carbocycles. The number of methoxy groups -OCH3 is 1. The van der Waals surface area contributed by atoms with E-state index in [1.54, 1.807) is 49.7 Å². The van der Waals surface area contributed by atoms with Crippen LogP contribution in [0.1, 0.15) is 32.7 Å². The maximum atomic E-state index is 13.6. The van der Waals surface area contributed by atoms with Crippen LogP contribution in [0.3, 0.4) is 0 Å². The molecule has 5 rings (SSSR count). The number of nitrogens with one attached hydrogen (secondary N) is 1. The second-order valence-corrected chi connectivity index (χ2v) is 9.93. The molecule has 0 radical (unpaired) electrons. The van der Waals surface area contributed by atoms with Gasteiger partial charge in [-0.1, -0.05) is 48.5 Å². The van der Waals surface area contributed by atoms with Crippen molar-refractivity contribution in [2.75, 3.05) is 7.11 Å². The summed E-state index contributed by atoms with van der Waals surface area (Å²) in [6, 6.07) is 31.7. The lowest BCUT2D eigenvalue weighted by Crippen LogP contribution is -2.17. The van der Waals surface area contributed by atoms with Crippen LogP contribution < -0.4 is 14.9 Å². The second kappa shape index (κ2) is 13.5. The van der Waals surface area contributed by atoms with Crippen molar-refractivity contribution in [2.45, 2.75) is 20.0 Å². The standard InChI is InChI=1S/C36H32FN3O3/c1-4-9-30-20-27(22-34(42-3)35(30)43-24-26-10-8-13-31(37)21-26)23-38-39-36(41)29-15-17-32(18-16-29)40-25(2)14-19-33(40)28-11-6-5-7-12-28/h4-8,10-23H,1,9,24H2,2-3H3,(H,39,41)/b38-23+. The fourth-order valence-corrected chi connectivity index (χ4v) is 4.87. The van der Waals surface area contributed by atoms with E-state index in [9.17, 15) is 9.18 Å². The Kier molecular flexibility index (Phi) is 9.12. The number of amides is 1. The van der Waals surface area contributed by atoms with Gasteiger partial charge in [-0.2, -0.15) is 5.10 Å². The Bertz CT molecular complexity index is 1760. The molecule has 5 aromatic rings. The summed E-state index contributed by atoms with van der Waals surface area (Å²) in [5.74, 6) is 0.386. The Morgan fingerprint density at radius 2 is 1.77 bits per heavy atom. The van der Waals surface area contributed by atoms with Crippen molar-refractivity contribution in [3.8, 4) is 28.4 Å². The number of carbonyl (C=O) groups excluding carboxylic acids is 1. The molecule has 1 aromatic heterocycles. The molecule has 0 aliphatic carbocycles.